The highest BCUT2D eigenvalue weighted by molar-refractivity contribution is 6.33. The molecule has 0 aromatic carbocycles. The Morgan fingerprint density at radius 1 is 1.50 bits per heavy atom. The number of aromatic nitrogens is 1. The molecule has 1 aromatic heterocycles. The second kappa shape index (κ2) is 6.73. The van der Waals surface area contributed by atoms with Gasteiger partial charge in [-0.3, -0.25) is 0 Å². The first-order valence-corrected chi connectivity index (χ1v) is 7.99. The number of carbonyl (C=O) groups excluding carboxylic acids is 1. The van der Waals surface area contributed by atoms with Crippen LogP contribution in [0.4, 0.5) is 10.6 Å². The van der Waals surface area contributed by atoms with E-state index in [2.05, 4.69) is 10.3 Å². The molecule has 0 saturated carbocycles. The van der Waals surface area contributed by atoms with Crippen molar-refractivity contribution in [2.45, 2.75) is 52.2 Å². The van der Waals surface area contributed by atoms with Crippen molar-refractivity contribution >= 4 is 23.5 Å². The Kier molecular flexibility index (Phi) is 5.16. The van der Waals surface area contributed by atoms with Crippen molar-refractivity contribution in [1.29, 1.82) is 0 Å². The van der Waals surface area contributed by atoms with E-state index < -0.39 is 5.60 Å². The fourth-order valence-electron chi connectivity index (χ4n) is 2.42. The Morgan fingerprint density at radius 2 is 2.23 bits per heavy atom. The van der Waals surface area contributed by atoms with Crippen LogP contribution < -0.4 is 5.32 Å². The molecule has 0 radical (unpaired) electrons. The first kappa shape index (κ1) is 16.9. The van der Waals surface area contributed by atoms with Gasteiger partial charge in [-0.25, -0.2) is 9.78 Å². The molecule has 122 valence electrons. The Labute approximate surface area is 137 Å². The number of anilines is 1. The fraction of sp³-hybridized carbons (Fsp3) is 0.625. The SMILES string of the molecule is Cc1ccnc(N[C@@H]2CCCN(C(=O)OC(C)(C)C)C2)c1Cl. The number of carbonyl (C=O) groups is 1. The molecule has 2 rings (SSSR count). The van der Waals surface area contributed by atoms with E-state index in [0.717, 1.165) is 24.9 Å². The lowest BCUT2D eigenvalue weighted by Gasteiger charge is -2.34. The Hall–Kier alpha value is -1.49. The Balaban J connectivity index is 1.99. The molecule has 1 aromatic rings. The molecule has 0 bridgehead atoms. The molecule has 5 nitrogen and oxygen atoms in total. The van der Waals surface area contributed by atoms with Gasteiger partial charge >= 0.3 is 6.09 Å². The zero-order chi connectivity index (χ0) is 16.3. The van der Waals surface area contributed by atoms with E-state index in [0.29, 0.717) is 17.4 Å². The number of piperidine rings is 1. The highest BCUT2D eigenvalue weighted by atomic mass is 35.5. The summed E-state index contributed by atoms with van der Waals surface area (Å²) in [6, 6.07) is 2.01. The van der Waals surface area contributed by atoms with Gasteiger partial charge in [0.15, 0.2) is 0 Å². The summed E-state index contributed by atoms with van der Waals surface area (Å²) in [5, 5.41) is 3.98. The summed E-state index contributed by atoms with van der Waals surface area (Å²) in [4.78, 5) is 18.2. The van der Waals surface area contributed by atoms with Crippen molar-refractivity contribution in [1.82, 2.24) is 9.88 Å². The van der Waals surface area contributed by atoms with Crippen LogP contribution in [0.5, 0.6) is 0 Å². The highest BCUT2D eigenvalue weighted by Crippen LogP contribution is 2.25. The van der Waals surface area contributed by atoms with Crippen LogP contribution in [0.15, 0.2) is 12.3 Å². The van der Waals surface area contributed by atoms with E-state index in [1.165, 1.54) is 0 Å². The van der Waals surface area contributed by atoms with Gasteiger partial charge in [-0.2, -0.15) is 0 Å². The number of hydrogen-bond donors (Lipinski definition) is 1. The lowest BCUT2D eigenvalue weighted by atomic mass is 10.1. The van der Waals surface area contributed by atoms with Crippen molar-refractivity contribution in [3.8, 4) is 0 Å². The third-order valence-corrected chi connectivity index (χ3v) is 3.97. The Bertz CT molecular complexity index is 543. The molecule has 1 amide bonds. The number of aryl methyl sites for hydroxylation is 1. The van der Waals surface area contributed by atoms with Gasteiger partial charge in [-0.15, -0.1) is 0 Å². The summed E-state index contributed by atoms with van der Waals surface area (Å²) in [6.07, 6.45) is 3.38. The van der Waals surface area contributed by atoms with Crippen LogP contribution in [-0.4, -0.2) is 40.7 Å². The third-order valence-electron chi connectivity index (χ3n) is 3.50. The number of halogens is 1. The summed E-state index contributed by atoms with van der Waals surface area (Å²) in [5.74, 6) is 0.678. The summed E-state index contributed by atoms with van der Waals surface area (Å²) in [6.45, 7) is 8.90. The maximum absolute atomic E-state index is 12.2. The number of ether oxygens (including phenoxy) is 1. The van der Waals surface area contributed by atoms with E-state index in [4.69, 9.17) is 16.3 Å². The lowest BCUT2D eigenvalue weighted by Crippen LogP contribution is -2.47. The number of likely N-dealkylation sites (tertiary alicyclic amines) is 1. The van der Waals surface area contributed by atoms with Gasteiger partial charge in [0.1, 0.15) is 11.4 Å². The first-order chi connectivity index (χ1) is 10.3. The summed E-state index contributed by atoms with van der Waals surface area (Å²) in [7, 11) is 0. The predicted molar refractivity (Wildman–Crippen MR) is 88.4 cm³/mol. The summed E-state index contributed by atoms with van der Waals surface area (Å²) >= 11 is 6.27. The Morgan fingerprint density at radius 3 is 2.91 bits per heavy atom. The summed E-state index contributed by atoms with van der Waals surface area (Å²) in [5.41, 5.74) is 0.512. The number of rotatable bonds is 2. The van der Waals surface area contributed by atoms with Crippen molar-refractivity contribution in [2.24, 2.45) is 0 Å². The zero-order valence-corrected chi connectivity index (χ0v) is 14.4. The molecule has 0 aliphatic carbocycles. The quantitative estimate of drug-likeness (QED) is 0.897. The minimum absolute atomic E-state index is 0.132. The van der Waals surface area contributed by atoms with E-state index in [1.54, 1.807) is 11.1 Å². The molecule has 6 heteroatoms. The molecule has 0 spiro atoms. The van der Waals surface area contributed by atoms with Gasteiger partial charge in [0.2, 0.25) is 0 Å². The van der Waals surface area contributed by atoms with Crippen molar-refractivity contribution in [3.05, 3.63) is 22.8 Å². The number of nitrogens with one attached hydrogen (secondary N) is 1. The molecule has 22 heavy (non-hydrogen) atoms. The molecular weight excluding hydrogens is 302 g/mol. The normalized spacial score (nSPS) is 19.0. The molecule has 1 aliphatic heterocycles. The van der Waals surface area contributed by atoms with Gasteiger partial charge in [-0.1, -0.05) is 11.6 Å². The predicted octanol–water partition coefficient (Wildman–Crippen LogP) is 3.85. The molecule has 2 heterocycles. The van der Waals surface area contributed by atoms with Crippen LogP contribution in [0.25, 0.3) is 0 Å². The standard InChI is InChI=1S/C16H24ClN3O2/c1-11-7-8-18-14(13(11)17)19-12-6-5-9-20(10-12)15(21)22-16(2,3)4/h7-8,12H,5-6,9-10H2,1-4H3,(H,18,19)/t12-/m1/s1. The third kappa shape index (κ3) is 4.50. The monoisotopic (exact) mass is 325 g/mol. The smallest absolute Gasteiger partial charge is 0.410 e. The largest absolute Gasteiger partial charge is 0.444 e. The molecular formula is C16H24ClN3O2. The van der Waals surface area contributed by atoms with Crippen molar-refractivity contribution in [2.75, 3.05) is 18.4 Å². The van der Waals surface area contributed by atoms with Gasteiger partial charge in [0.05, 0.1) is 5.02 Å². The summed E-state index contributed by atoms with van der Waals surface area (Å²) < 4.78 is 5.44. The highest BCUT2D eigenvalue weighted by Gasteiger charge is 2.28. The fourth-order valence-corrected chi connectivity index (χ4v) is 2.59. The minimum atomic E-state index is -0.473. The maximum Gasteiger partial charge on any atom is 0.410 e. The second-order valence-corrected chi connectivity index (χ2v) is 7.08. The molecule has 0 unspecified atom stereocenters. The number of hydrogen-bond acceptors (Lipinski definition) is 4. The van der Waals surface area contributed by atoms with Crippen molar-refractivity contribution < 1.29 is 9.53 Å². The van der Waals surface area contributed by atoms with Crippen LogP contribution in [0.3, 0.4) is 0 Å². The van der Waals surface area contributed by atoms with E-state index in [-0.39, 0.29) is 12.1 Å². The average Bonchev–Trinajstić information content (AvgIpc) is 2.42. The second-order valence-electron chi connectivity index (χ2n) is 6.70. The van der Waals surface area contributed by atoms with Crippen LogP contribution in [0.1, 0.15) is 39.2 Å². The van der Waals surface area contributed by atoms with Crippen LogP contribution >= 0.6 is 11.6 Å². The molecule has 1 atom stereocenters. The van der Waals surface area contributed by atoms with E-state index >= 15 is 0 Å². The van der Waals surface area contributed by atoms with Gasteiger partial charge in [0.25, 0.3) is 0 Å². The maximum atomic E-state index is 12.2. The van der Waals surface area contributed by atoms with Crippen molar-refractivity contribution in [3.63, 3.8) is 0 Å². The molecule has 1 N–H and O–H groups in total. The number of pyridine rings is 1. The van der Waals surface area contributed by atoms with E-state index in [1.807, 2.05) is 33.8 Å². The van der Waals surface area contributed by atoms with Crippen LogP contribution in [-0.2, 0) is 4.74 Å². The molecule has 1 fully saturated rings. The topological polar surface area (TPSA) is 54.5 Å². The van der Waals surface area contributed by atoms with Crippen LogP contribution in [0, 0.1) is 6.92 Å². The average molecular weight is 326 g/mol. The number of nitrogens with zero attached hydrogens (tertiary/aromatic N) is 2. The van der Waals surface area contributed by atoms with Gasteiger partial charge < -0.3 is 15.0 Å². The first-order valence-electron chi connectivity index (χ1n) is 7.62. The molecule has 1 saturated heterocycles. The van der Waals surface area contributed by atoms with Gasteiger partial charge in [-0.05, 0) is 52.2 Å². The number of amides is 1. The van der Waals surface area contributed by atoms with Gasteiger partial charge in [0, 0.05) is 25.3 Å². The van der Waals surface area contributed by atoms with Crippen LogP contribution in [0.2, 0.25) is 5.02 Å². The zero-order valence-electron chi connectivity index (χ0n) is 13.6. The molecule has 1 aliphatic rings. The lowest BCUT2D eigenvalue weighted by molar-refractivity contribution is 0.0206. The minimum Gasteiger partial charge on any atom is -0.444 e. The van der Waals surface area contributed by atoms with E-state index in [9.17, 15) is 4.79 Å².